The van der Waals surface area contributed by atoms with E-state index in [-0.39, 0.29) is 5.54 Å². The Morgan fingerprint density at radius 1 is 1.44 bits per heavy atom. The summed E-state index contributed by atoms with van der Waals surface area (Å²) < 4.78 is 5.00. The third kappa shape index (κ3) is 2.82. The number of hydrogen-bond acceptors (Lipinski definition) is 5. The first-order valence-electron chi connectivity index (χ1n) is 5.36. The number of nitrogens with one attached hydrogen (secondary N) is 1. The quantitative estimate of drug-likeness (QED) is 0.788. The molecule has 0 aliphatic carbocycles. The van der Waals surface area contributed by atoms with E-state index in [9.17, 15) is 0 Å². The molecule has 1 aromatic rings. The molecule has 3 N–H and O–H groups in total. The van der Waals surface area contributed by atoms with Gasteiger partial charge in [-0.3, -0.25) is 0 Å². The van der Waals surface area contributed by atoms with Crippen LogP contribution < -0.4 is 15.8 Å². The minimum Gasteiger partial charge on any atom is -0.494 e. The van der Waals surface area contributed by atoms with Gasteiger partial charge in [-0.05, 0) is 12.8 Å². The molecule has 1 heterocycles. The SMILES string of the molecule is COc1cnc(NC(C)(CN)C(C)C)nc1. The molecule has 16 heavy (non-hydrogen) atoms. The van der Waals surface area contributed by atoms with Gasteiger partial charge in [-0.1, -0.05) is 13.8 Å². The van der Waals surface area contributed by atoms with Gasteiger partial charge < -0.3 is 15.8 Å². The summed E-state index contributed by atoms with van der Waals surface area (Å²) in [6.07, 6.45) is 3.26. The highest BCUT2D eigenvalue weighted by Gasteiger charge is 2.27. The van der Waals surface area contributed by atoms with E-state index in [1.54, 1.807) is 19.5 Å². The molecule has 1 atom stereocenters. The Morgan fingerprint density at radius 3 is 2.38 bits per heavy atom. The number of hydrogen-bond donors (Lipinski definition) is 2. The van der Waals surface area contributed by atoms with Crippen molar-refractivity contribution in [2.75, 3.05) is 19.0 Å². The maximum Gasteiger partial charge on any atom is 0.223 e. The predicted molar refractivity (Wildman–Crippen MR) is 64.5 cm³/mol. The number of methoxy groups -OCH3 is 1. The van der Waals surface area contributed by atoms with Gasteiger partial charge in [0.05, 0.1) is 25.0 Å². The topological polar surface area (TPSA) is 73.1 Å². The monoisotopic (exact) mass is 224 g/mol. The smallest absolute Gasteiger partial charge is 0.223 e. The van der Waals surface area contributed by atoms with Crippen LogP contribution in [0.15, 0.2) is 12.4 Å². The summed E-state index contributed by atoms with van der Waals surface area (Å²) in [6, 6.07) is 0. The van der Waals surface area contributed by atoms with Crippen LogP contribution in [0.2, 0.25) is 0 Å². The molecule has 0 saturated carbocycles. The fraction of sp³-hybridized carbons (Fsp3) is 0.636. The molecule has 5 nitrogen and oxygen atoms in total. The average molecular weight is 224 g/mol. The van der Waals surface area contributed by atoms with E-state index in [2.05, 4.69) is 36.1 Å². The molecule has 0 aliphatic heterocycles. The number of nitrogens with two attached hydrogens (primary N) is 1. The van der Waals surface area contributed by atoms with Crippen molar-refractivity contribution in [3.8, 4) is 5.75 Å². The van der Waals surface area contributed by atoms with Gasteiger partial charge in [-0.15, -0.1) is 0 Å². The molecule has 0 spiro atoms. The third-order valence-electron chi connectivity index (χ3n) is 2.96. The molecule has 0 aliphatic rings. The summed E-state index contributed by atoms with van der Waals surface area (Å²) in [7, 11) is 1.59. The van der Waals surface area contributed by atoms with Crippen LogP contribution in [0.1, 0.15) is 20.8 Å². The van der Waals surface area contributed by atoms with Gasteiger partial charge in [0.2, 0.25) is 5.95 Å². The van der Waals surface area contributed by atoms with Crippen molar-refractivity contribution in [2.45, 2.75) is 26.3 Å². The van der Waals surface area contributed by atoms with Crippen LogP contribution in [0, 0.1) is 5.92 Å². The molecule has 0 fully saturated rings. The molecule has 0 radical (unpaired) electrons. The minimum absolute atomic E-state index is 0.200. The lowest BCUT2D eigenvalue weighted by Crippen LogP contribution is -2.47. The van der Waals surface area contributed by atoms with Crippen molar-refractivity contribution in [2.24, 2.45) is 11.7 Å². The van der Waals surface area contributed by atoms with Crippen LogP contribution >= 0.6 is 0 Å². The fourth-order valence-corrected chi connectivity index (χ4v) is 1.17. The maximum absolute atomic E-state index is 5.77. The molecule has 1 unspecified atom stereocenters. The number of rotatable bonds is 5. The fourth-order valence-electron chi connectivity index (χ4n) is 1.17. The van der Waals surface area contributed by atoms with Gasteiger partial charge in [-0.2, -0.15) is 0 Å². The summed E-state index contributed by atoms with van der Waals surface area (Å²) >= 11 is 0. The lowest BCUT2D eigenvalue weighted by molar-refractivity contribution is 0.379. The van der Waals surface area contributed by atoms with Crippen molar-refractivity contribution in [1.82, 2.24) is 9.97 Å². The molecular weight excluding hydrogens is 204 g/mol. The Bertz CT molecular complexity index is 325. The Kier molecular flexibility index (Phi) is 4.06. The highest BCUT2D eigenvalue weighted by atomic mass is 16.5. The van der Waals surface area contributed by atoms with Crippen LogP contribution in [0.4, 0.5) is 5.95 Å². The third-order valence-corrected chi connectivity index (χ3v) is 2.96. The summed E-state index contributed by atoms with van der Waals surface area (Å²) in [6.45, 7) is 6.82. The molecule has 90 valence electrons. The highest BCUT2D eigenvalue weighted by Crippen LogP contribution is 2.20. The Morgan fingerprint density at radius 2 is 2.00 bits per heavy atom. The number of aromatic nitrogens is 2. The van der Waals surface area contributed by atoms with Crippen molar-refractivity contribution < 1.29 is 4.74 Å². The van der Waals surface area contributed by atoms with E-state index in [0.29, 0.717) is 24.2 Å². The molecule has 0 amide bonds. The first-order valence-corrected chi connectivity index (χ1v) is 5.36. The van der Waals surface area contributed by atoms with Crippen LogP contribution in [0.25, 0.3) is 0 Å². The number of anilines is 1. The molecule has 0 bridgehead atoms. The van der Waals surface area contributed by atoms with E-state index < -0.39 is 0 Å². The van der Waals surface area contributed by atoms with E-state index in [4.69, 9.17) is 10.5 Å². The van der Waals surface area contributed by atoms with Gasteiger partial charge in [0.15, 0.2) is 5.75 Å². The highest BCUT2D eigenvalue weighted by molar-refractivity contribution is 5.31. The van der Waals surface area contributed by atoms with Gasteiger partial charge in [-0.25, -0.2) is 9.97 Å². The van der Waals surface area contributed by atoms with Crippen molar-refractivity contribution in [3.63, 3.8) is 0 Å². The van der Waals surface area contributed by atoms with Gasteiger partial charge in [0.25, 0.3) is 0 Å². The Labute approximate surface area is 96.4 Å². The first kappa shape index (κ1) is 12.7. The Balaban J connectivity index is 2.78. The number of nitrogens with zero attached hydrogens (tertiary/aromatic N) is 2. The van der Waals surface area contributed by atoms with Crippen LogP contribution in [-0.4, -0.2) is 29.2 Å². The predicted octanol–water partition coefficient (Wildman–Crippen LogP) is 1.27. The molecule has 0 saturated heterocycles. The first-order chi connectivity index (χ1) is 7.51. The summed E-state index contributed by atoms with van der Waals surface area (Å²) in [4.78, 5) is 8.32. The van der Waals surface area contributed by atoms with Gasteiger partial charge in [0, 0.05) is 6.54 Å². The van der Waals surface area contributed by atoms with Crippen LogP contribution in [-0.2, 0) is 0 Å². The van der Waals surface area contributed by atoms with Crippen molar-refractivity contribution >= 4 is 5.95 Å². The molecule has 1 rings (SSSR count). The summed E-state index contributed by atoms with van der Waals surface area (Å²) in [5.74, 6) is 1.61. The summed E-state index contributed by atoms with van der Waals surface area (Å²) in [5.41, 5.74) is 5.57. The standard InChI is InChI=1S/C11H20N4O/c1-8(2)11(3,7-12)15-10-13-5-9(16-4)6-14-10/h5-6,8H,7,12H2,1-4H3,(H,13,14,15). The normalized spacial score (nSPS) is 14.6. The zero-order valence-electron chi connectivity index (χ0n) is 10.3. The lowest BCUT2D eigenvalue weighted by Gasteiger charge is -2.33. The maximum atomic E-state index is 5.77. The zero-order chi connectivity index (χ0) is 12.2. The van der Waals surface area contributed by atoms with Gasteiger partial charge in [0.1, 0.15) is 0 Å². The lowest BCUT2D eigenvalue weighted by atomic mass is 9.89. The van der Waals surface area contributed by atoms with Crippen molar-refractivity contribution in [3.05, 3.63) is 12.4 Å². The second-order valence-corrected chi connectivity index (χ2v) is 4.35. The number of ether oxygens (including phenoxy) is 1. The molecule has 5 heteroatoms. The second kappa shape index (κ2) is 5.12. The van der Waals surface area contributed by atoms with E-state index in [0.717, 1.165) is 0 Å². The largest absolute Gasteiger partial charge is 0.494 e. The zero-order valence-corrected chi connectivity index (χ0v) is 10.3. The summed E-state index contributed by atoms with van der Waals surface area (Å²) in [5, 5.41) is 3.25. The molecule has 1 aromatic heterocycles. The Hall–Kier alpha value is -1.36. The van der Waals surface area contributed by atoms with E-state index in [1.807, 2.05) is 0 Å². The molecule has 0 aromatic carbocycles. The molecular formula is C11H20N4O. The van der Waals surface area contributed by atoms with Gasteiger partial charge >= 0.3 is 0 Å². The van der Waals surface area contributed by atoms with E-state index in [1.165, 1.54) is 0 Å². The van der Waals surface area contributed by atoms with E-state index >= 15 is 0 Å². The van der Waals surface area contributed by atoms with Crippen LogP contribution in [0.3, 0.4) is 0 Å². The van der Waals surface area contributed by atoms with Crippen molar-refractivity contribution in [1.29, 1.82) is 0 Å². The van der Waals surface area contributed by atoms with Crippen LogP contribution in [0.5, 0.6) is 5.75 Å². The average Bonchev–Trinajstić information content (AvgIpc) is 2.29. The second-order valence-electron chi connectivity index (χ2n) is 4.35. The minimum atomic E-state index is -0.200.